The van der Waals surface area contributed by atoms with E-state index in [0.717, 1.165) is 16.5 Å². The molecule has 2 aromatic rings. The standard InChI is InChI=1S/C17H17BrN2O2/c1-3-12-5-7-13(8-6-12)19-16(21)17(22)20-15-9-4-11(2)10-14(15)18/h4-10H,3H2,1-2H3,(H,19,21)(H,20,22). The summed E-state index contributed by atoms with van der Waals surface area (Å²) in [7, 11) is 0. The van der Waals surface area contributed by atoms with Crippen LogP contribution in [0.5, 0.6) is 0 Å². The Labute approximate surface area is 138 Å². The van der Waals surface area contributed by atoms with Gasteiger partial charge in [-0.25, -0.2) is 0 Å². The molecule has 2 aromatic carbocycles. The van der Waals surface area contributed by atoms with Crippen molar-refractivity contribution in [2.45, 2.75) is 20.3 Å². The van der Waals surface area contributed by atoms with Crippen molar-refractivity contribution in [1.82, 2.24) is 0 Å². The molecule has 0 aliphatic heterocycles. The molecular formula is C17H17BrN2O2. The zero-order valence-electron chi connectivity index (χ0n) is 12.4. The van der Waals surface area contributed by atoms with Crippen LogP contribution in [0.25, 0.3) is 0 Å². The first-order chi connectivity index (χ1) is 10.5. The highest BCUT2D eigenvalue weighted by molar-refractivity contribution is 9.10. The van der Waals surface area contributed by atoms with Crippen LogP contribution in [0.3, 0.4) is 0 Å². The highest BCUT2D eigenvalue weighted by atomic mass is 79.9. The molecule has 4 nitrogen and oxygen atoms in total. The van der Waals surface area contributed by atoms with Gasteiger partial charge in [0.15, 0.2) is 0 Å². The number of benzene rings is 2. The summed E-state index contributed by atoms with van der Waals surface area (Å²) < 4.78 is 0.737. The minimum Gasteiger partial charge on any atom is -0.318 e. The lowest BCUT2D eigenvalue weighted by molar-refractivity contribution is -0.133. The SMILES string of the molecule is CCc1ccc(NC(=O)C(=O)Nc2ccc(C)cc2Br)cc1. The maximum Gasteiger partial charge on any atom is 0.314 e. The smallest absolute Gasteiger partial charge is 0.314 e. The first kappa shape index (κ1) is 16.2. The van der Waals surface area contributed by atoms with Crippen molar-refractivity contribution in [3.05, 3.63) is 58.1 Å². The van der Waals surface area contributed by atoms with Crippen molar-refractivity contribution < 1.29 is 9.59 Å². The molecule has 114 valence electrons. The van der Waals surface area contributed by atoms with Gasteiger partial charge in [0.1, 0.15) is 0 Å². The van der Waals surface area contributed by atoms with Crippen LogP contribution in [0.2, 0.25) is 0 Å². The van der Waals surface area contributed by atoms with Gasteiger partial charge in [0.05, 0.1) is 5.69 Å². The minimum atomic E-state index is -0.705. The van der Waals surface area contributed by atoms with Crippen molar-refractivity contribution in [3.8, 4) is 0 Å². The fraction of sp³-hybridized carbons (Fsp3) is 0.176. The molecule has 22 heavy (non-hydrogen) atoms. The van der Waals surface area contributed by atoms with E-state index in [1.54, 1.807) is 18.2 Å². The van der Waals surface area contributed by atoms with Gasteiger partial charge in [-0.3, -0.25) is 9.59 Å². The Balaban J connectivity index is 2.01. The Hall–Kier alpha value is -2.14. The van der Waals surface area contributed by atoms with Crippen LogP contribution in [-0.2, 0) is 16.0 Å². The molecule has 0 heterocycles. The Kier molecular flexibility index (Phi) is 5.33. The van der Waals surface area contributed by atoms with Gasteiger partial charge in [-0.15, -0.1) is 0 Å². The van der Waals surface area contributed by atoms with E-state index in [9.17, 15) is 9.59 Å². The number of hydrogen-bond donors (Lipinski definition) is 2. The van der Waals surface area contributed by atoms with E-state index < -0.39 is 11.8 Å². The Bertz CT molecular complexity index is 696. The lowest BCUT2D eigenvalue weighted by atomic mass is 10.1. The molecule has 0 aromatic heterocycles. The zero-order valence-corrected chi connectivity index (χ0v) is 14.0. The monoisotopic (exact) mass is 360 g/mol. The molecule has 0 aliphatic rings. The second kappa shape index (κ2) is 7.22. The quantitative estimate of drug-likeness (QED) is 0.815. The second-order valence-corrected chi connectivity index (χ2v) is 5.80. The lowest BCUT2D eigenvalue weighted by Crippen LogP contribution is -2.29. The fourth-order valence-electron chi connectivity index (χ4n) is 1.91. The third-order valence-electron chi connectivity index (χ3n) is 3.20. The number of amides is 2. The summed E-state index contributed by atoms with van der Waals surface area (Å²) in [5, 5.41) is 5.16. The molecule has 0 radical (unpaired) electrons. The van der Waals surface area contributed by atoms with Gasteiger partial charge in [0, 0.05) is 10.2 Å². The molecule has 0 bridgehead atoms. The Morgan fingerprint density at radius 2 is 1.64 bits per heavy atom. The number of rotatable bonds is 3. The van der Waals surface area contributed by atoms with Crippen molar-refractivity contribution in [1.29, 1.82) is 0 Å². The van der Waals surface area contributed by atoms with Crippen LogP contribution in [0.4, 0.5) is 11.4 Å². The molecule has 2 rings (SSSR count). The molecule has 0 atom stereocenters. The predicted molar refractivity (Wildman–Crippen MR) is 92.0 cm³/mol. The highest BCUT2D eigenvalue weighted by Gasteiger charge is 2.15. The van der Waals surface area contributed by atoms with Crippen LogP contribution in [0.15, 0.2) is 46.9 Å². The van der Waals surface area contributed by atoms with Gasteiger partial charge in [0.25, 0.3) is 0 Å². The third kappa shape index (κ3) is 4.18. The summed E-state index contributed by atoms with van der Waals surface area (Å²) in [6.07, 6.45) is 0.927. The average molecular weight is 361 g/mol. The van der Waals surface area contributed by atoms with Crippen LogP contribution >= 0.6 is 15.9 Å². The predicted octanol–water partition coefficient (Wildman–Crippen LogP) is 3.90. The minimum absolute atomic E-state index is 0.562. The van der Waals surface area contributed by atoms with E-state index >= 15 is 0 Å². The molecule has 0 aliphatic carbocycles. The largest absolute Gasteiger partial charge is 0.318 e. The van der Waals surface area contributed by atoms with Gasteiger partial charge < -0.3 is 10.6 Å². The van der Waals surface area contributed by atoms with Crippen molar-refractivity contribution >= 4 is 39.1 Å². The van der Waals surface area contributed by atoms with Crippen molar-refractivity contribution in [2.75, 3.05) is 10.6 Å². The van der Waals surface area contributed by atoms with Crippen LogP contribution in [0.1, 0.15) is 18.1 Å². The van der Waals surface area contributed by atoms with Gasteiger partial charge in [-0.05, 0) is 64.7 Å². The normalized spacial score (nSPS) is 10.1. The van der Waals surface area contributed by atoms with Crippen LogP contribution in [0, 0.1) is 6.92 Å². The molecule has 0 unspecified atom stereocenters. The number of carbonyl (C=O) groups is 2. The first-order valence-electron chi connectivity index (χ1n) is 6.97. The summed E-state index contributed by atoms with van der Waals surface area (Å²) in [6.45, 7) is 4.00. The van der Waals surface area contributed by atoms with Crippen LogP contribution in [-0.4, -0.2) is 11.8 Å². The van der Waals surface area contributed by atoms with Crippen molar-refractivity contribution in [2.24, 2.45) is 0 Å². The summed E-state index contributed by atoms with van der Waals surface area (Å²) in [5.41, 5.74) is 3.39. The zero-order chi connectivity index (χ0) is 16.1. The topological polar surface area (TPSA) is 58.2 Å². The Morgan fingerprint density at radius 1 is 1.00 bits per heavy atom. The molecule has 0 saturated carbocycles. The summed E-state index contributed by atoms with van der Waals surface area (Å²) in [4.78, 5) is 23.8. The van der Waals surface area contributed by atoms with E-state index in [1.165, 1.54) is 5.56 Å². The lowest BCUT2D eigenvalue weighted by Gasteiger charge is -2.09. The van der Waals surface area contributed by atoms with Gasteiger partial charge in [-0.1, -0.05) is 25.1 Å². The Morgan fingerprint density at radius 3 is 2.23 bits per heavy atom. The molecule has 0 fully saturated rings. The van der Waals surface area contributed by atoms with E-state index in [4.69, 9.17) is 0 Å². The maximum atomic E-state index is 11.9. The molecule has 0 saturated heterocycles. The van der Waals surface area contributed by atoms with E-state index in [1.807, 2.05) is 31.2 Å². The number of aryl methyl sites for hydroxylation is 2. The second-order valence-electron chi connectivity index (χ2n) is 4.94. The van der Waals surface area contributed by atoms with E-state index in [2.05, 4.69) is 33.5 Å². The maximum absolute atomic E-state index is 11.9. The molecule has 5 heteroatoms. The number of carbonyl (C=O) groups excluding carboxylic acids is 2. The van der Waals surface area contributed by atoms with Gasteiger partial charge in [-0.2, -0.15) is 0 Å². The number of halogens is 1. The summed E-state index contributed by atoms with van der Waals surface area (Å²) >= 11 is 3.36. The molecular weight excluding hydrogens is 344 g/mol. The highest BCUT2D eigenvalue weighted by Crippen LogP contribution is 2.23. The van der Waals surface area contributed by atoms with Crippen molar-refractivity contribution in [3.63, 3.8) is 0 Å². The first-order valence-corrected chi connectivity index (χ1v) is 7.76. The molecule has 0 spiro atoms. The fourth-order valence-corrected chi connectivity index (χ4v) is 2.50. The van der Waals surface area contributed by atoms with Gasteiger partial charge >= 0.3 is 11.8 Å². The number of anilines is 2. The third-order valence-corrected chi connectivity index (χ3v) is 3.86. The molecule has 2 N–H and O–H groups in total. The molecule has 2 amide bonds. The average Bonchev–Trinajstić information content (AvgIpc) is 2.50. The number of hydrogen-bond acceptors (Lipinski definition) is 2. The number of nitrogens with one attached hydrogen (secondary N) is 2. The van der Waals surface area contributed by atoms with Gasteiger partial charge in [0.2, 0.25) is 0 Å². The van der Waals surface area contributed by atoms with E-state index in [-0.39, 0.29) is 0 Å². The van der Waals surface area contributed by atoms with Crippen LogP contribution < -0.4 is 10.6 Å². The summed E-state index contributed by atoms with van der Waals surface area (Å²) in [6, 6.07) is 12.9. The summed E-state index contributed by atoms with van der Waals surface area (Å²) in [5.74, 6) is -1.40. The van der Waals surface area contributed by atoms with E-state index in [0.29, 0.717) is 11.4 Å².